The van der Waals surface area contributed by atoms with Crippen LogP contribution in [0.3, 0.4) is 0 Å². The Labute approximate surface area is 199 Å². The van der Waals surface area contributed by atoms with Crippen LogP contribution < -0.4 is 0 Å². The Hall–Kier alpha value is -3.87. The van der Waals surface area contributed by atoms with Crippen LogP contribution in [0, 0.1) is 0 Å². The maximum absolute atomic E-state index is 12.4. The third-order valence-electron chi connectivity index (χ3n) is 5.82. The van der Waals surface area contributed by atoms with E-state index in [0.29, 0.717) is 23.9 Å². The smallest absolute Gasteiger partial charge is 0.365 e. The molecule has 0 bridgehead atoms. The summed E-state index contributed by atoms with van der Waals surface area (Å²) in [5.41, 5.74) is 1.12. The second-order valence-corrected chi connectivity index (χ2v) is 8.45. The van der Waals surface area contributed by atoms with E-state index >= 15 is 0 Å². The number of nitrogens with zero attached hydrogens (tertiary/aromatic N) is 3. The molecule has 7 heteroatoms. The highest BCUT2D eigenvalue weighted by atomic mass is 16.6. The Morgan fingerprint density at radius 3 is 2.50 bits per heavy atom. The molecule has 1 aromatic heterocycles. The fourth-order valence-electron chi connectivity index (χ4n) is 3.95. The molecule has 0 atom stereocenters. The Balaban J connectivity index is 1.24. The first-order valence-corrected chi connectivity index (χ1v) is 11.5. The summed E-state index contributed by atoms with van der Waals surface area (Å²) in [5.74, 6) is 0.186. The fourth-order valence-corrected chi connectivity index (χ4v) is 3.95. The standard InChI is InChI=1S/C27H29N3O4/c1-29(16-7-3-4-8-17-30(2)26(31)24-15-10-18-33-24)19-23-27(32)34-25(28-23)22-14-9-12-20-11-5-6-13-21(20)22/h5-6,9-15,18-19H,3-4,7-8,16-17H2,1-2H3/b23-19+. The van der Waals surface area contributed by atoms with E-state index in [0.717, 1.165) is 48.6 Å². The van der Waals surface area contributed by atoms with Crippen LogP contribution in [0.5, 0.6) is 0 Å². The molecule has 1 aliphatic heterocycles. The Kier molecular flexibility index (Phi) is 7.42. The molecule has 176 valence electrons. The number of rotatable bonds is 10. The average molecular weight is 460 g/mol. The van der Waals surface area contributed by atoms with E-state index in [2.05, 4.69) is 4.99 Å². The fraction of sp³-hybridized carbons (Fsp3) is 0.296. The first-order chi connectivity index (χ1) is 16.5. The number of esters is 1. The molecule has 1 aliphatic rings. The van der Waals surface area contributed by atoms with Gasteiger partial charge in [-0.2, -0.15) is 0 Å². The average Bonchev–Trinajstić information content (AvgIpc) is 3.50. The van der Waals surface area contributed by atoms with Crippen molar-refractivity contribution in [3.63, 3.8) is 0 Å². The molecule has 0 radical (unpaired) electrons. The second-order valence-electron chi connectivity index (χ2n) is 8.45. The minimum atomic E-state index is -0.431. The van der Waals surface area contributed by atoms with Crippen LogP contribution in [0.1, 0.15) is 41.8 Å². The molecule has 0 spiro atoms. The van der Waals surface area contributed by atoms with Gasteiger partial charge in [-0.05, 0) is 41.8 Å². The summed E-state index contributed by atoms with van der Waals surface area (Å²) >= 11 is 0. The van der Waals surface area contributed by atoms with E-state index in [1.807, 2.05) is 54.4 Å². The molecule has 3 aromatic rings. The third-order valence-corrected chi connectivity index (χ3v) is 5.82. The quantitative estimate of drug-likeness (QED) is 0.246. The van der Waals surface area contributed by atoms with Crippen molar-refractivity contribution in [3.8, 4) is 0 Å². The Morgan fingerprint density at radius 2 is 1.71 bits per heavy atom. The van der Waals surface area contributed by atoms with Gasteiger partial charge in [0.05, 0.1) is 6.26 Å². The predicted molar refractivity (Wildman–Crippen MR) is 131 cm³/mol. The zero-order valence-corrected chi connectivity index (χ0v) is 19.6. The SMILES string of the molecule is CN(/C=C1/N=C(c2cccc3ccccc23)OC1=O)CCCCCCN(C)C(=O)c1ccco1. The number of amides is 1. The van der Waals surface area contributed by atoms with Crippen molar-refractivity contribution >= 4 is 28.5 Å². The van der Waals surface area contributed by atoms with E-state index in [9.17, 15) is 9.59 Å². The van der Waals surface area contributed by atoms with Gasteiger partial charge in [0.1, 0.15) is 0 Å². The van der Waals surface area contributed by atoms with Crippen LogP contribution in [0.2, 0.25) is 0 Å². The van der Waals surface area contributed by atoms with Crippen molar-refractivity contribution in [2.24, 2.45) is 4.99 Å². The van der Waals surface area contributed by atoms with E-state index < -0.39 is 5.97 Å². The van der Waals surface area contributed by atoms with Crippen molar-refractivity contribution < 1.29 is 18.7 Å². The summed E-state index contributed by atoms with van der Waals surface area (Å²) < 4.78 is 10.6. The Morgan fingerprint density at radius 1 is 0.941 bits per heavy atom. The number of carbonyl (C=O) groups excluding carboxylic acids is 2. The number of fused-ring (bicyclic) bond motifs is 1. The third kappa shape index (κ3) is 5.54. The largest absolute Gasteiger partial charge is 0.459 e. The number of unbranched alkanes of at least 4 members (excludes halogenated alkanes) is 3. The van der Waals surface area contributed by atoms with Gasteiger partial charge in [0.15, 0.2) is 11.5 Å². The van der Waals surface area contributed by atoms with E-state index in [-0.39, 0.29) is 5.91 Å². The van der Waals surface area contributed by atoms with E-state index in [4.69, 9.17) is 9.15 Å². The predicted octanol–water partition coefficient (Wildman–Crippen LogP) is 4.84. The van der Waals surface area contributed by atoms with Crippen LogP contribution in [0.15, 0.2) is 82.2 Å². The minimum Gasteiger partial charge on any atom is -0.459 e. The lowest BCUT2D eigenvalue weighted by atomic mass is 10.0. The molecule has 0 aliphatic carbocycles. The van der Waals surface area contributed by atoms with Gasteiger partial charge >= 0.3 is 5.97 Å². The molecular formula is C27H29N3O4. The van der Waals surface area contributed by atoms with Crippen molar-refractivity contribution in [1.29, 1.82) is 0 Å². The molecule has 7 nitrogen and oxygen atoms in total. The number of aliphatic imine (C=N–C) groups is 1. The van der Waals surface area contributed by atoms with Crippen LogP contribution >= 0.6 is 0 Å². The molecule has 0 saturated carbocycles. The van der Waals surface area contributed by atoms with E-state index in [1.165, 1.54) is 6.26 Å². The normalized spacial score (nSPS) is 14.4. The summed E-state index contributed by atoms with van der Waals surface area (Å²) in [4.78, 5) is 32.7. The molecule has 0 saturated heterocycles. The minimum absolute atomic E-state index is 0.0942. The monoisotopic (exact) mass is 459 g/mol. The number of hydrogen-bond donors (Lipinski definition) is 0. The van der Waals surface area contributed by atoms with Gasteiger partial charge in [-0.1, -0.05) is 49.2 Å². The van der Waals surface area contributed by atoms with Gasteiger partial charge in [0.25, 0.3) is 5.91 Å². The number of hydrogen-bond acceptors (Lipinski definition) is 6. The lowest BCUT2D eigenvalue weighted by molar-refractivity contribution is -0.130. The number of ether oxygens (including phenoxy) is 1. The molecule has 0 fully saturated rings. The maximum atomic E-state index is 12.4. The molecule has 4 rings (SSSR count). The van der Waals surface area contributed by atoms with Crippen molar-refractivity contribution in [2.75, 3.05) is 27.2 Å². The van der Waals surface area contributed by atoms with Gasteiger partial charge in [-0.3, -0.25) is 4.79 Å². The van der Waals surface area contributed by atoms with Crippen molar-refractivity contribution in [3.05, 3.63) is 84.1 Å². The molecule has 34 heavy (non-hydrogen) atoms. The molecule has 0 unspecified atom stereocenters. The van der Waals surface area contributed by atoms with E-state index in [1.54, 1.807) is 30.3 Å². The summed E-state index contributed by atoms with van der Waals surface area (Å²) in [6.45, 7) is 1.49. The molecule has 0 N–H and O–H groups in total. The summed E-state index contributed by atoms with van der Waals surface area (Å²) in [6.07, 6.45) is 7.21. The number of carbonyl (C=O) groups is 2. The highest BCUT2D eigenvalue weighted by Gasteiger charge is 2.25. The number of furan rings is 1. The zero-order chi connectivity index (χ0) is 23.9. The lowest BCUT2D eigenvalue weighted by Gasteiger charge is -2.16. The topological polar surface area (TPSA) is 75.3 Å². The second kappa shape index (κ2) is 10.8. The lowest BCUT2D eigenvalue weighted by Crippen LogP contribution is -2.27. The first kappa shape index (κ1) is 23.3. The van der Waals surface area contributed by atoms with Gasteiger partial charge in [-0.15, -0.1) is 0 Å². The highest BCUT2D eigenvalue weighted by molar-refractivity contribution is 6.16. The van der Waals surface area contributed by atoms with Crippen LogP contribution in [-0.2, 0) is 9.53 Å². The molecule has 1 amide bonds. The first-order valence-electron chi connectivity index (χ1n) is 11.5. The Bertz CT molecular complexity index is 1210. The summed E-state index contributed by atoms with van der Waals surface area (Å²) in [6, 6.07) is 17.2. The van der Waals surface area contributed by atoms with Gasteiger partial charge in [0.2, 0.25) is 5.90 Å². The number of benzene rings is 2. The van der Waals surface area contributed by atoms with Crippen molar-refractivity contribution in [1.82, 2.24) is 9.80 Å². The zero-order valence-electron chi connectivity index (χ0n) is 19.6. The van der Waals surface area contributed by atoms with Gasteiger partial charge < -0.3 is 19.0 Å². The summed E-state index contributed by atoms with van der Waals surface area (Å²) in [7, 11) is 3.72. The maximum Gasteiger partial charge on any atom is 0.365 e. The van der Waals surface area contributed by atoms with Gasteiger partial charge in [0, 0.05) is 38.9 Å². The number of cyclic esters (lactones) is 1. The van der Waals surface area contributed by atoms with Gasteiger partial charge in [-0.25, -0.2) is 9.79 Å². The van der Waals surface area contributed by atoms with Crippen LogP contribution in [-0.4, -0.2) is 54.8 Å². The molecular weight excluding hydrogens is 430 g/mol. The van der Waals surface area contributed by atoms with Crippen LogP contribution in [0.4, 0.5) is 0 Å². The van der Waals surface area contributed by atoms with Crippen LogP contribution in [0.25, 0.3) is 10.8 Å². The summed E-state index contributed by atoms with van der Waals surface area (Å²) in [5, 5.41) is 2.08. The molecule has 2 heterocycles. The highest BCUT2D eigenvalue weighted by Crippen LogP contribution is 2.24. The molecule has 2 aromatic carbocycles. The van der Waals surface area contributed by atoms with Crippen molar-refractivity contribution in [2.45, 2.75) is 25.7 Å².